The van der Waals surface area contributed by atoms with Gasteiger partial charge < -0.3 is 34.5 Å². The maximum Gasteiger partial charge on any atom is 0.514 e. The number of carbonyl (C=O) groups excluding carboxylic acids is 3. The molecule has 0 aliphatic heterocycles. The van der Waals surface area contributed by atoms with Crippen LogP contribution in [0.4, 0.5) is 9.59 Å². The van der Waals surface area contributed by atoms with Crippen molar-refractivity contribution >= 4 is 24.2 Å². The van der Waals surface area contributed by atoms with Crippen LogP contribution in [0, 0.1) is 0 Å². The zero-order valence-corrected chi connectivity index (χ0v) is 21.7. The predicted octanol–water partition coefficient (Wildman–Crippen LogP) is 4.37. The third-order valence-electron chi connectivity index (χ3n) is 5.36. The van der Waals surface area contributed by atoms with Crippen molar-refractivity contribution in [3.05, 3.63) is 23.8 Å². The van der Waals surface area contributed by atoms with Crippen molar-refractivity contribution in [2.45, 2.75) is 97.5 Å². The fraction of sp³-hybridized carbons (Fsp3) is 0.600. The number of ether oxygens (including phenoxy) is 5. The molecular weight excluding hydrogens is 474 g/mol. The standard InChI is InChI=1S/C25H37NO10/c1-7-15(4)33-23(30)35-19-11-10-18(12-20(19)36-24(31)34-16(5)8-2)14-25(26,22(28)29)13-17(6)32-21(27)9-3/h10-12,15-17H,7-9,13-14,26H2,1-6H3,(H,28,29)/t15?,16?,17-,25?/m0/s1. The van der Waals surface area contributed by atoms with Gasteiger partial charge in [-0.1, -0.05) is 26.8 Å². The van der Waals surface area contributed by atoms with E-state index >= 15 is 0 Å². The SMILES string of the molecule is CCC(=O)O[C@@H](C)CC(N)(Cc1ccc(OC(=O)OC(C)CC)c(OC(=O)OC(C)CC)c1)C(=O)O. The summed E-state index contributed by atoms with van der Waals surface area (Å²) in [7, 11) is 0. The first-order valence-corrected chi connectivity index (χ1v) is 11.9. The number of hydrogen-bond donors (Lipinski definition) is 2. The lowest BCUT2D eigenvalue weighted by atomic mass is 9.86. The van der Waals surface area contributed by atoms with Crippen LogP contribution < -0.4 is 15.2 Å². The number of benzene rings is 1. The van der Waals surface area contributed by atoms with Crippen molar-refractivity contribution in [2.75, 3.05) is 0 Å². The second-order valence-electron chi connectivity index (χ2n) is 8.65. The molecule has 0 amide bonds. The van der Waals surface area contributed by atoms with E-state index < -0.39 is 48.1 Å². The number of hydrogen-bond acceptors (Lipinski definition) is 10. The van der Waals surface area contributed by atoms with Crippen molar-refractivity contribution in [3.8, 4) is 11.5 Å². The molecule has 3 unspecified atom stereocenters. The van der Waals surface area contributed by atoms with Gasteiger partial charge in [0.2, 0.25) is 0 Å². The first-order valence-electron chi connectivity index (χ1n) is 11.9. The number of nitrogens with two attached hydrogens (primary N) is 1. The number of rotatable bonds is 13. The molecule has 0 saturated carbocycles. The van der Waals surface area contributed by atoms with E-state index in [1.54, 1.807) is 27.7 Å². The Balaban J connectivity index is 3.22. The third-order valence-corrected chi connectivity index (χ3v) is 5.36. The minimum Gasteiger partial charge on any atom is -0.480 e. The van der Waals surface area contributed by atoms with Crippen LogP contribution in [0.2, 0.25) is 0 Å². The van der Waals surface area contributed by atoms with E-state index in [0.717, 1.165) is 0 Å². The van der Waals surface area contributed by atoms with Gasteiger partial charge in [-0.15, -0.1) is 0 Å². The van der Waals surface area contributed by atoms with Gasteiger partial charge in [0.25, 0.3) is 0 Å². The Kier molecular flexibility index (Phi) is 12.2. The van der Waals surface area contributed by atoms with E-state index in [-0.39, 0.29) is 30.8 Å². The van der Waals surface area contributed by atoms with Crippen LogP contribution in [0.1, 0.15) is 72.8 Å². The van der Waals surface area contributed by atoms with Gasteiger partial charge in [0, 0.05) is 19.3 Å². The number of aliphatic carboxylic acids is 1. The molecule has 11 heteroatoms. The van der Waals surface area contributed by atoms with Gasteiger partial charge in [-0.2, -0.15) is 0 Å². The van der Waals surface area contributed by atoms with Crippen LogP contribution >= 0.6 is 0 Å². The summed E-state index contributed by atoms with van der Waals surface area (Å²) < 4.78 is 25.9. The minimum atomic E-state index is -1.81. The van der Waals surface area contributed by atoms with Crippen LogP contribution in [0.25, 0.3) is 0 Å². The predicted molar refractivity (Wildman–Crippen MR) is 129 cm³/mol. The lowest BCUT2D eigenvalue weighted by molar-refractivity contribution is -0.153. The van der Waals surface area contributed by atoms with Crippen LogP contribution in [-0.2, 0) is 30.2 Å². The number of esters is 1. The van der Waals surface area contributed by atoms with Crippen LogP contribution in [0.5, 0.6) is 11.5 Å². The highest BCUT2D eigenvalue weighted by molar-refractivity contribution is 5.79. The lowest BCUT2D eigenvalue weighted by Crippen LogP contribution is -2.52. The Hall–Kier alpha value is -3.34. The molecular formula is C25H37NO10. The van der Waals surface area contributed by atoms with Crippen LogP contribution in [0.3, 0.4) is 0 Å². The highest BCUT2D eigenvalue weighted by Gasteiger charge is 2.37. The molecule has 0 fully saturated rings. The fourth-order valence-corrected chi connectivity index (χ4v) is 3.01. The first-order chi connectivity index (χ1) is 16.8. The van der Waals surface area contributed by atoms with E-state index in [0.29, 0.717) is 18.4 Å². The maximum absolute atomic E-state index is 12.2. The maximum atomic E-state index is 12.2. The van der Waals surface area contributed by atoms with E-state index in [4.69, 9.17) is 29.4 Å². The molecule has 0 aromatic heterocycles. The Morgan fingerprint density at radius 3 is 1.86 bits per heavy atom. The topological polar surface area (TPSA) is 161 Å². The summed E-state index contributed by atoms with van der Waals surface area (Å²) in [4.78, 5) is 48.0. The third kappa shape index (κ3) is 10.1. The zero-order chi connectivity index (χ0) is 27.5. The molecule has 0 heterocycles. The van der Waals surface area contributed by atoms with Crippen molar-refractivity contribution in [1.82, 2.24) is 0 Å². The molecule has 4 atom stereocenters. The quantitative estimate of drug-likeness (QED) is 0.220. The molecule has 202 valence electrons. The van der Waals surface area contributed by atoms with E-state index in [1.165, 1.54) is 18.2 Å². The highest BCUT2D eigenvalue weighted by atomic mass is 16.7. The highest BCUT2D eigenvalue weighted by Crippen LogP contribution is 2.31. The van der Waals surface area contributed by atoms with E-state index in [1.807, 2.05) is 13.8 Å². The van der Waals surface area contributed by atoms with Gasteiger partial charge >= 0.3 is 24.2 Å². The molecule has 0 saturated heterocycles. The molecule has 0 bridgehead atoms. The number of carboxylic acid groups (broad SMARTS) is 1. The summed E-state index contributed by atoms with van der Waals surface area (Å²) in [5.74, 6) is -2.09. The minimum absolute atomic E-state index is 0.128. The summed E-state index contributed by atoms with van der Waals surface area (Å²) in [5, 5.41) is 9.80. The van der Waals surface area contributed by atoms with Crippen LogP contribution in [0.15, 0.2) is 18.2 Å². The summed E-state index contributed by atoms with van der Waals surface area (Å²) >= 11 is 0. The fourth-order valence-electron chi connectivity index (χ4n) is 3.01. The van der Waals surface area contributed by atoms with Gasteiger partial charge in [0.1, 0.15) is 23.9 Å². The summed E-state index contributed by atoms with van der Waals surface area (Å²) in [6, 6.07) is 4.14. The molecule has 1 rings (SSSR count). The molecule has 36 heavy (non-hydrogen) atoms. The molecule has 0 aliphatic carbocycles. The Morgan fingerprint density at radius 2 is 1.39 bits per heavy atom. The second kappa shape index (κ2) is 14.3. The molecule has 0 spiro atoms. The van der Waals surface area contributed by atoms with Crippen molar-refractivity contribution in [3.63, 3.8) is 0 Å². The summed E-state index contributed by atoms with van der Waals surface area (Å²) in [6.07, 6.45) is -2.70. The van der Waals surface area contributed by atoms with E-state index in [9.17, 15) is 24.3 Å². The Morgan fingerprint density at radius 1 is 0.861 bits per heavy atom. The van der Waals surface area contributed by atoms with Crippen LogP contribution in [-0.4, -0.2) is 53.2 Å². The zero-order valence-electron chi connectivity index (χ0n) is 21.7. The second-order valence-corrected chi connectivity index (χ2v) is 8.65. The summed E-state index contributed by atoms with van der Waals surface area (Å²) in [6.45, 7) is 10.2. The molecule has 11 nitrogen and oxygen atoms in total. The van der Waals surface area contributed by atoms with Crippen molar-refractivity contribution in [1.29, 1.82) is 0 Å². The normalized spacial score (nSPS) is 15.0. The van der Waals surface area contributed by atoms with Gasteiger partial charge in [-0.25, -0.2) is 9.59 Å². The van der Waals surface area contributed by atoms with Gasteiger partial charge in [0.05, 0.1) is 0 Å². The smallest absolute Gasteiger partial charge is 0.480 e. The molecule has 1 aromatic rings. The average Bonchev–Trinajstić information content (AvgIpc) is 2.79. The van der Waals surface area contributed by atoms with Crippen molar-refractivity contribution < 1.29 is 48.0 Å². The molecule has 3 N–H and O–H groups in total. The molecule has 0 radical (unpaired) electrons. The van der Waals surface area contributed by atoms with E-state index in [2.05, 4.69) is 0 Å². The van der Waals surface area contributed by atoms with Gasteiger partial charge in [-0.05, 0) is 51.3 Å². The monoisotopic (exact) mass is 511 g/mol. The molecule has 0 aliphatic rings. The molecule has 1 aromatic carbocycles. The Bertz CT molecular complexity index is 918. The number of carboxylic acids is 1. The van der Waals surface area contributed by atoms with Crippen molar-refractivity contribution in [2.24, 2.45) is 5.73 Å². The lowest BCUT2D eigenvalue weighted by Gasteiger charge is -2.28. The first kappa shape index (κ1) is 30.7. The Labute approximate surface area is 211 Å². The van der Waals surface area contributed by atoms with Gasteiger partial charge in [-0.3, -0.25) is 9.59 Å². The van der Waals surface area contributed by atoms with Gasteiger partial charge in [0.15, 0.2) is 11.5 Å². The number of carbonyl (C=O) groups is 4. The summed E-state index contributed by atoms with van der Waals surface area (Å²) in [5.41, 5.74) is 4.74. The average molecular weight is 512 g/mol. The largest absolute Gasteiger partial charge is 0.514 e.